The van der Waals surface area contributed by atoms with Crippen molar-refractivity contribution in [2.75, 3.05) is 6.61 Å². The van der Waals surface area contributed by atoms with Gasteiger partial charge in [-0.15, -0.1) is 0 Å². The lowest BCUT2D eigenvalue weighted by Crippen LogP contribution is -1.90. The molecule has 0 amide bonds. The van der Waals surface area contributed by atoms with Crippen molar-refractivity contribution >= 4 is 0 Å². The number of pyridine rings is 1. The zero-order valence-corrected chi connectivity index (χ0v) is 9.05. The third kappa shape index (κ3) is 2.25. The Hall–Kier alpha value is -1.75. The van der Waals surface area contributed by atoms with Crippen LogP contribution in [0.5, 0.6) is 0 Å². The Morgan fingerprint density at radius 1 is 1.44 bits per heavy atom. The predicted octanol–water partition coefficient (Wildman–Crippen LogP) is 1.36. The Morgan fingerprint density at radius 3 is 3.06 bits per heavy atom. The van der Waals surface area contributed by atoms with Crippen LogP contribution >= 0.6 is 0 Å². The van der Waals surface area contributed by atoms with Crippen LogP contribution < -0.4 is 0 Å². The smallest absolute Gasteiger partial charge is 0.227 e. The predicted molar refractivity (Wildman–Crippen MR) is 57.7 cm³/mol. The molecule has 0 aliphatic carbocycles. The van der Waals surface area contributed by atoms with E-state index >= 15 is 0 Å². The second-order valence-electron chi connectivity index (χ2n) is 3.53. The fourth-order valence-corrected chi connectivity index (χ4v) is 1.42. The van der Waals surface area contributed by atoms with Crippen molar-refractivity contribution in [2.45, 2.75) is 19.8 Å². The third-order valence-electron chi connectivity index (χ3n) is 2.28. The summed E-state index contributed by atoms with van der Waals surface area (Å²) in [7, 11) is 0. The Kier molecular flexibility index (Phi) is 3.26. The van der Waals surface area contributed by atoms with Crippen LogP contribution in [0.15, 0.2) is 23.0 Å². The SMILES string of the molecule is Cc1cnccc1-c1noc(CCCO)n1. The van der Waals surface area contributed by atoms with E-state index in [1.165, 1.54) is 0 Å². The molecular weight excluding hydrogens is 206 g/mol. The van der Waals surface area contributed by atoms with Gasteiger partial charge in [-0.25, -0.2) is 0 Å². The second kappa shape index (κ2) is 4.85. The maximum absolute atomic E-state index is 8.70. The van der Waals surface area contributed by atoms with Gasteiger partial charge in [-0.05, 0) is 25.0 Å². The number of aromatic nitrogens is 3. The van der Waals surface area contributed by atoms with Gasteiger partial charge in [0, 0.05) is 31.0 Å². The average molecular weight is 219 g/mol. The molecule has 16 heavy (non-hydrogen) atoms. The molecule has 1 N–H and O–H groups in total. The number of rotatable bonds is 4. The summed E-state index contributed by atoms with van der Waals surface area (Å²) in [6.45, 7) is 2.08. The van der Waals surface area contributed by atoms with E-state index in [1.54, 1.807) is 12.4 Å². The maximum atomic E-state index is 8.70. The number of aliphatic hydroxyl groups is 1. The molecule has 0 radical (unpaired) electrons. The molecule has 0 saturated heterocycles. The highest BCUT2D eigenvalue weighted by molar-refractivity contribution is 5.57. The molecule has 0 spiro atoms. The van der Waals surface area contributed by atoms with E-state index in [9.17, 15) is 0 Å². The van der Waals surface area contributed by atoms with E-state index in [4.69, 9.17) is 9.63 Å². The van der Waals surface area contributed by atoms with Crippen LogP contribution in [-0.2, 0) is 6.42 Å². The van der Waals surface area contributed by atoms with Gasteiger partial charge in [-0.2, -0.15) is 4.98 Å². The first kappa shape index (κ1) is 10.8. The molecule has 0 unspecified atom stereocenters. The summed E-state index contributed by atoms with van der Waals surface area (Å²) < 4.78 is 5.08. The molecule has 0 aliphatic heterocycles. The minimum absolute atomic E-state index is 0.131. The first-order valence-corrected chi connectivity index (χ1v) is 5.15. The van der Waals surface area contributed by atoms with Crippen molar-refractivity contribution in [3.8, 4) is 11.4 Å². The minimum Gasteiger partial charge on any atom is -0.396 e. The zero-order chi connectivity index (χ0) is 11.4. The molecule has 0 aliphatic rings. The van der Waals surface area contributed by atoms with Crippen molar-refractivity contribution < 1.29 is 9.63 Å². The first-order valence-electron chi connectivity index (χ1n) is 5.15. The molecule has 2 rings (SSSR count). The Labute approximate surface area is 93.1 Å². The van der Waals surface area contributed by atoms with Crippen molar-refractivity contribution in [3.63, 3.8) is 0 Å². The Bertz CT molecular complexity index is 468. The van der Waals surface area contributed by atoms with Gasteiger partial charge in [0.25, 0.3) is 0 Å². The van der Waals surface area contributed by atoms with E-state index in [0.717, 1.165) is 11.1 Å². The van der Waals surface area contributed by atoms with E-state index < -0.39 is 0 Å². The summed E-state index contributed by atoms with van der Waals surface area (Å²) in [5.41, 5.74) is 1.94. The molecular formula is C11H13N3O2. The molecule has 0 saturated carbocycles. The number of hydrogen-bond donors (Lipinski definition) is 1. The van der Waals surface area contributed by atoms with Gasteiger partial charge in [0.15, 0.2) is 0 Å². The molecule has 5 nitrogen and oxygen atoms in total. The lowest BCUT2D eigenvalue weighted by Gasteiger charge is -1.97. The van der Waals surface area contributed by atoms with Gasteiger partial charge in [-0.3, -0.25) is 4.98 Å². The Morgan fingerprint density at radius 2 is 2.31 bits per heavy atom. The van der Waals surface area contributed by atoms with Crippen molar-refractivity contribution in [1.82, 2.24) is 15.1 Å². The number of aryl methyl sites for hydroxylation is 2. The van der Waals surface area contributed by atoms with Crippen LogP contribution in [0.3, 0.4) is 0 Å². The van der Waals surface area contributed by atoms with Crippen molar-refractivity contribution in [3.05, 3.63) is 29.9 Å². The molecule has 5 heteroatoms. The lowest BCUT2D eigenvalue weighted by atomic mass is 10.1. The normalized spacial score (nSPS) is 10.6. The summed E-state index contributed by atoms with van der Waals surface area (Å²) in [5.74, 6) is 1.13. The van der Waals surface area contributed by atoms with Crippen LogP contribution in [0.25, 0.3) is 11.4 Å². The fourth-order valence-electron chi connectivity index (χ4n) is 1.42. The molecule has 0 fully saturated rings. The summed E-state index contributed by atoms with van der Waals surface area (Å²) in [4.78, 5) is 8.27. The van der Waals surface area contributed by atoms with Crippen LogP contribution in [0.2, 0.25) is 0 Å². The fraction of sp³-hybridized carbons (Fsp3) is 0.364. The molecule has 0 bridgehead atoms. The van der Waals surface area contributed by atoms with Gasteiger partial charge >= 0.3 is 0 Å². The molecule has 2 aromatic rings. The van der Waals surface area contributed by atoms with Crippen molar-refractivity contribution in [2.24, 2.45) is 0 Å². The molecule has 0 atom stereocenters. The highest BCUT2D eigenvalue weighted by Gasteiger charge is 2.09. The van der Waals surface area contributed by atoms with E-state index in [0.29, 0.717) is 24.6 Å². The topological polar surface area (TPSA) is 72.0 Å². The summed E-state index contributed by atoms with van der Waals surface area (Å²) in [6, 6.07) is 1.86. The van der Waals surface area contributed by atoms with Gasteiger partial charge < -0.3 is 9.63 Å². The van der Waals surface area contributed by atoms with Gasteiger partial charge in [0.1, 0.15) is 0 Å². The molecule has 84 valence electrons. The molecule has 0 aromatic carbocycles. The molecule has 2 aromatic heterocycles. The third-order valence-corrected chi connectivity index (χ3v) is 2.28. The van der Waals surface area contributed by atoms with Crippen LogP contribution in [-0.4, -0.2) is 26.8 Å². The van der Waals surface area contributed by atoms with Crippen LogP contribution in [0.1, 0.15) is 17.9 Å². The standard InChI is InChI=1S/C11H13N3O2/c1-8-7-12-5-4-9(8)11-13-10(16-14-11)3-2-6-15/h4-5,7,15H,2-3,6H2,1H3. The second-order valence-corrected chi connectivity index (χ2v) is 3.53. The summed E-state index contributed by atoms with van der Waals surface area (Å²) >= 11 is 0. The largest absolute Gasteiger partial charge is 0.396 e. The number of hydrogen-bond acceptors (Lipinski definition) is 5. The maximum Gasteiger partial charge on any atom is 0.227 e. The quantitative estimate of drug-likeness (QED) is 0.840. The zero-order valence-electron chi connectivity index (χ0n) is 9.05. The van der Waals surface area contributed by atoms with Crippen LogP contribution in [0.4, 0.5) is 0 Å². The summed E-state index contributed by atoms with van der Waals surface area (Å²) in [5, 5.41) is 12.6. The average Bonchev–Trinajstić information content (AvgIpc) is 2.75. The van der Waals surface area contributed by atoms with Crippen molar-refractivity contribution in [1.29, 1.82) is 0 Å². The van der Waals surface area contributed by atoms with E-state index in [1.807, 2.05) is 13.0 Å². The lowest BCUT2D eigenvalue weighted by molar-refractivity contribution is 0.278. The van der Waals surface area contributed by atoms with E-state index in [2.05, 4.69) is 15.1 Å². The first-order chi connectivity index (χ1) is 7.81. The highest BCUT2D eigenvalue weighted by atomic mass is 16.5. The van der Waals surface area contributed by atoms with Crippen LogP contribution in [0, 0.1) is 6.92 Å². The van der Waals surface area contributed by atoms with Gasteiger partial charge in [0.05, 0.1) is 0 Å². The number of nitrogens with zero attached hydrogens (tertiary/aromatic N) is 3. The Balaban J connectivity index is 2.22. The number of aliphatic hydroxyl groups excluding tert-OH is 1. The molecule has 2 heterocycles. The summed E-state index contributed by atoms with van der Waals surface area (Å²) in [6.07, 6.45) is 4.70. The minimum atomic E-state index is 0.131. The van der Waals surface area contributed by atoms with E-state index in [-0.39, 0.29) is 6.61 Å². The van der Waals surface area contributed by atoms with Gasteiger partial charge in [-0.1, -0.05) is 5.16 Å². The highest BCUT2D eigenvalue weighted by Crippen LogP contribution is 2.19. The monoisotopic (exact) mass is 219 g/mol. The van der Waals surface area contributed by atoms with Gasteiger partial charge in [0.2, 0.25) is 11.7 Å².